The number of thiazole rings is 1. The predicted molar refractivity (Wildman–Crippen MR) is 97.9 cm³/mol. The lowest BCUT2D eigenvalue weighted by molar-refractivity contribution is 1.11. The Balaban J connectivity index is 1.65. The molecule has 1 aromatic carbocycles. The Kier molecular flexibility index (Phi) is 3.74. The van der Waals surface area contributed by atoms with Gasteiger partial charge in [-0.2, -0.15) is 0 Å². The Morgan fingerprint density at radius 3 is 2.79 bits per heavy atom. The highest BCUT2D eigenvalue weighted by atomic mass is 32.1. The van der Waals surface area contributed by atoms with Crippen molar-refractivity contribution in [3.63, 3.8) is 0 Å². The number of aromatic nitrogens is 4. The van der Waals surface area contributed by atoms with Crippen molar-refractivity contribution in [1.82, 2.24) is 19.4 Å². The van der Waals surface area contributed by atoms with E-state index < -0.39 is 0 Å². The number of aryl methyl sites for hydroxylation is 2. The van der Waals surface area contributed by atoms with E-state index in [-0.39, 0.29) is 0 Å². The summed E-state index contributed by atoms with van der Waals surface area (Å²) in [6, 6.07) is 10.3. The first kappa shape index (κ1) is 14.8. The lowest BCUT2D eigenvalue weighted by Crippen LogP contribution is -1.92. The molecular formula is C18H17N5S. The molecule has 120 valence electrons. The summed E-state index contributed by atoms with van der Waals surface area (Å²) in [6.45, 7) is 4.14. The van der Waals surface area contributed by atoms with Gasteiger partial charge in [0.1, 0.15) is 5.69 Å². The van der Waals surface area contributed by atoms with Crippen molar-refractivity contribution in [2.24, 2.45) is 0 Å². The normalized spacial score (nSPS) is 11.1. The molecule has 0 amide bonds. The van der Waals surface area contributed by atoms with Gasteiger partial charge in [-0.15, -0.1) is 11.3 Å². The van der Waals surface area contributed by atoms with Gasteiger partial charge in [0.25, 0.3) is 0 Å². The summed E-state index contributed by atoms with van der Waals surface area (Å²) in [4.78, 5) is 13.5. The van der Waals surface area contributed by atoms with Crippen molar-refractivity contribution >= 4 is 27.9 Å². The fourth-order valence-electron chi connectivity index (χ4n) is 2.69. The van der Waals surface area contributed by atoms with Crippen molar-refractivity contribution in [2.45, 2.75) is 20.3 Å². The molecular weight excluding hydrogens is 318 g/mol. The maximum absolute atomic E-state index is 4.72. The number of nitrogens with zero attached hydrogens (tertiary/aromatic N) is 4. The molecule has 0 atom stereocenters. The van der Waals surface area contributed by atoms with Crippen LogP contribution < -0.4 is 5.32 Å². The third-order valence-corrected chi connectivity index (χ3v) is 4.70. The van der Waals surface area contributed by atoms with Crippen LogP contribution in [-0.4, -0.2) is 19.4 Å². The van der Waals surface area contributed by atoms with Crippen LogP contribution in [0, 0.1) is 6.92 Å². The fourth-order valence-corrected chi connectivity index (χ4v) is 3.41. The number of hydrogen-bond acceptors (Lipinski definition) is 5. The Bertz CT molecular complexity index is 984. The van der Waals surface area contributed by atoms with Gasteiger partial charge in [0, 0.05) is 23.5 Å². The van der Waals surface area contributed by atoms with E-state index >= 15 is 0 Å². The second-order valence-electron chi connectivity index (χ2n) is 5.55. The van der Waals surface area contributed by atoms with Gasteiger partial charge < -0.3 is 5.32 Å². The van der Waals surface area contributed by atoms with Crippen LogP contribution in [0.1, 0.15) is 18.2 Å². The predicted octanol–water partition coefficient (Wildman–Crippen LogP) is 4.47. The van der Waals surface area contributed by atoms with Crippen LogP contribution in [0.2, 0.25) is 0 Å². The smallest absolute Gasteiger partial charge is 0.234 e. The van der Waals surface area contributed by atoms with Crippen molar-refractivity contribution in [3.05, 3.63) is 59.4 Å². The van der Waals surface area contributed by atoms with Crippen LogP contribution in [0.25, 0.3) is 17.2 Å². The van der Waals surface area contributed by atoms with Gasteiger partial charge in [-0.05, 0) is 37.1 Å². The first-order valence-electron chi connectivity index (χ1n) is 7.86. The second kappa shape index (κ2) is 6.05. The highest BCUT2D eigenvalue weighted by Gasteiger charge is 2.14. The van der Waals surface area contributed by atoms with Gasteiger partial charge in [-0.25, -0.2) is 15.0 Å². The second-order valence-corrected chi connectivity index (χ2v) is 6.41. The zero-order valence-electron chi connectivity index (χ0n) is 13.5. The fraction of sp³-hybridized carbons (Fsp3) is 0.167. The van der Waals surface area contributed by atoms with E-state index in [9.17, 15) is 0 Å². The van der Waals surface area contributed by atoms with Crippen LogP contribution in [-0.2, 0) is 6.42 Å². The zero-order chi connectivity index (χ0) is 16.5. The molecule has 0 aliphatic rings. The maximum Gasteiger partial charge on any atom is 0.234 e. The highest BCUT2D eigenvalue weighted by molar-refractivity contribution is 7.14. The minimum absolute atomic E-state index is 0.697. The third kappa shape index (κ3) is 2.65. The molecule has 0 aliphatic heterocycles. The van der Waals surface area contributed by atoms with E-state index in [1.165, 1.54) is 5.56 Å². The summed E-state index contributed by atoms with van der Waals surface area (Å²) in [5.74, 6) is 0.697. The van der Waals surface area contributed by atoms with Gasteiger partial charge in [0.2, 0.25) is 5.78 Å². The van der Waals surface area contributed by atoms with Gasteiger partial charge in [0.15, 0.2) is 5.13 Å². The van der Waals surface area contributed by atoms with E-state index in [1.807, 2.05) is 29.0 Å². The first-order chi connectivity index (χ1) is 11.7. The lowest BCUT2D eigenvalue weighted by Gasteiger charge is -2.03. The number of benzene rings is 1. The maximum atomic E-state index is 4.72. The van der Waals surface area contributed by atoms with Gasteiger partial charge in [-0.1, -0.05) is 19.1 Å². The van der Waals surface area contributed by atoms with Gasteiger partial charge >= 0.3 is 0 Å². The largest absolute Gasteiger partial charge is 0.332 e. The average Bonchev–Trinajstić information content (AvgIpc) is 3.18. The van der Waals surface area contributed by atoms with Gasteiger partial charge in [-0.3, -0.25) is 4.40 Å². The molecule has 4 rings (SSSR count). The molecule has 4 aromatic rings. The van der Waals surface area contributed by atoms with Crippen molar-refractivity contribution in [2.75, 3.05) is 5.32 Å². The highest BCUT2D eigenvalue weighted by Crippen LogP contribution is 2.29. The number of imidazole rings is 1. The molecule has 0 spiro atoms. The topological polar surface area (TPSA) is 55.1 Å². The minimum Gasteiger partial charge on any atom is -0.332 e. The number of rotatable bonds is 4. The SMILES string of the molecule is CCc1ccc(Nc2nc(-c3c(C)nc4ncccn34)cs2)cc1. The molecule has 24 heavy (non-hydrogen) atoms. The molecule has 0 radical (unpaired) electrons. The van der Waals surface area contributed by atoms with Crippen molar-refractivity contribution in [1.29, 1.82) is 0 Å². The Labute approximate surface area is 144 Å². The lowest BCUT2D eigenvalue weighted by atomic mass is 10.1. The summed E-state index contributed by atoms with van der Waals surface area (Å²) in [5, 5.41) is 6.28. The zero-order valence-corrected chi connectivity index (χ0v) is 14.3. The molecule has 6 heteroatoms. The number of anilines is 2. The van der Waals surface area contributed by atoms with Crippen LogP contribution in [0.3, 0.4) is 0 Å². The van der Waals surface area contributed by atoms with Crippen LogP contribution in [0.4, 0.5) is 10.8 Å². The molecule has 0 saturated heterocycles. The number of hydrogen-bond donors (Lipinski definition) is 1. The molecule has 5 nitrogen and oxygen atoms in total. The van der Waals surface area contributed by atoms with E-state index in [2.05, 4.69) is 46.5 Å². The first-order valence-corrected chi connectivity index (χ1v) is 8.74. The van der Waals surface area contributed by atoms with E-state index in [1.54, 1.807) is 17.5 Å². The van der Waals surface area contributed by atoms with Crippen LogP contribution in [0.15, 0.2) is 48.1 Å². The summed E-state index contributed by atoms with van der Waals surface area (Å²) in [6.07, 6.45) is 4.76. The van der Waals surface area contributed by atoms with Crippen molar-refractivity contribution < 1.29 is 0 Å². The average molecular weight is 335 g/mol. The Morgan fingerprint density at radius 1 is 1.17 bits per heavy atom. The van der Waals surface area contributed by atoms with Crippen LogP contribution in [0.5, 0.6) is 0 Å². The molecule has 0 unspecified atom stereocenters. The summed E-state index contributed by atoms with van der Waals surface area (Å²) in [7, 11) is 0. The van der Waals surface area contributed by atoms with E-state index in [0.29, 0.717) is 5.78 Å². The Hall–Kier alpha value is -2.73. The molecule has 0 aliphatic carbocycles. The van der Waals surface area contributed by atoms with E-state index in [4.69, 9.17) is 4.98 Å². The molecule has 0 bridgehead atoms. The summed E-state index contributed by atoms with van der Waals surface area (Å²) >= 11 is 1.59. The van der Waals surface area contributed by atoms with Gasteiger partial charge in [0.05, 0.1) is 11.4 Å². The molecule has 3 aromatic heterocycles. The monoisotopic (exact) mass is 335 g/mol. The standard InChI is InChI=1S/C18H17N5S/c1-3-13-5-7-14(8-6-13)21-18-22-15(11-24-18)16-12(2)20-17-19-9-4-10-23(16)17/h4-11H,3H2,1-2H3,(H,21,22). The quantitative estimate of drug-likeness (QED) is 0.598. The molecule has 1 N–H and O–H groups in total. The molecule has 3 heterocycles. The summed E-state index contributed by atoms with van der Waals surface area (Å²) in [5.41, 5.74) is 5.20. The van der Waals surface area contributed by atoms with Crippen molar-refractivity contribution in [3.8, 4) is 11.4 Å². The Morgan fingerprint density at radius 2 is 2.00 bits per heavy atom. The summed E-state index contributed by atoms with van der Waals surface area (Å²) < 4.78 is 1.98. The van der Waals surface area contributed by atoms with Crippen LogP contribution >= 0.6 is 11.3 Å². The number of nitrogens with one attached hydrogen (secondary N) is 1. The molecule has 0 saturated carbocycles. The molecule has 0 fully saturated rings. The van der Waals surface area contributed by atoms with E-state index in [0.717, 1.165) is 34.3 Å². The minimum atomic E-state index is 0.697. The number of fused-ring (bicyclic) bond motifs is 1. The third-order valence-electron chi connectivity index (χ3n) is 3.94.